The number of carbonyl (C=O) groups is 1. The van der Waals surface area contributed by atoms with Crippen LogP contribution in [0.25, 0.3) is 0 Å². The van der Waals surface area contributed by atoms with Crippen molar-refractivity contribution in [2.45, 2.75) is 0 Å². The number of nitrogens with one attached hydrogen (secondary N) is 1. The number of sulfonamides is 1. The molecule has 0 aliphatic heterocycles. The van der Waals surface area contributed by atoms with Crippen molar-refractivity contribution in [3.05, 3.63) is 54.9 Å². The highest BCUT2D eigenvalue weighted by molar-refractivity contribution is 7.92. The fourth-order valence-electron chi connectivity index (χ4n) is 1.76. The molecule has 0 aliphatic rings. The highest BCUT2D eigenvalue weighted by atomic mass is 32.2. The molecule has 0 saturated carbocycles. The van der Waals surface area contributed by atoms with Crippen LogP contribution < -0.4 is 9.62 Å². The van der Waals surface area contributed by atoms with Gasteiger partial charge in [-0.25, -0.2) is 8.42 Å². The monoisotopic (exact) mass is 305 g/mol. The molecule has 1 N–H and O–H groups in total. The Morgan fingerprint density at radius 2 is 1.90 bits per heavy atom. The number of nitrogens with zero attached hydrogens (tertiary/aromatic N) is 2. The van der Waals surface area contributed by atoms with Gasteiger partial charge in [0.05, 0.1) is 23.8 Å². The number of benzene rings is 1. The van der Waals surface area contributed by atoms with Crippen molar-refractivity contribution in [2.75, 3.05) is 22.4 Å². The first kappa shape index (κ1) is 15.0. The summed E-state index contributed by atoms with van der Waals surface area (Å²) in [6.45, 7) is -0.294. The third kappa shape index (κ3) is 4.28. The molecule has 0 atom stereocenters. The van der Waals surface area contributed by atoms with Crippen molar-refractivity contribution < 1.29 is 13.2 Å². The lowest BCUT2D eigenvalue weighted by atomic mass is 10.3. The van der Waals surface area contributed by atoms with E-state index in [4.69, 9.17) is 0 Å². The van der Waals surface area contributed by atoms with Gasteiger partial charge in [-0.2, -0.15) is 0 Å². The molecule has 0 spiro atoms. The van der Waals surface area contributed by atoms with E-state index < -0.39 is 15.9 Å². The van der Waals surface area contributed by atoms with Crippen LogP contribution in [0.15, 0.2) is 54.9 Å². The van der Waals surface area contributed by atoms with Gasteiger partial charge in [-0.1, -0.05) is 18.2 Å². The van der Waals surface area contributed by atoms with E-state index in [0.29, 0.717) is 11.4 Å². The van der Waals surface area contributed by atoms with E-state index in [9.17, 15) is 13.2 Å². The smallest absolute Gasteiger partial charge is 0.245 e. The standard InChI is InChI=1S/C14H15N3O3S/c1-21(19,20)17(13-7-3-2-4-8-13)11-14(18)16-12-6-5-9-15-10-12/h2-10H,11H2,1H3,(H,16,18). The predicted octanol–water partition coefficient (Wildman–Crippen LogP) is 1.49. The molecule has 0 fully saturated rings. The Hall–Kier alpha value is -2.41. The van der Waals surface area contributed by atoms with Gasteiger partial charge in [0.1, 0.15) is 6.54 Å². The van der Waals surface area contributed by atoms with Crippen molar-refractivity contribution in [1.82, 2.24) is 4.98 Å². The summed E-state index contributed by atoms with van der Waals surface area (Å²) in [7, 11) is -3.55. The topological polar surface area (TPSA) is 79.4 Å². The molecule has 2 rings (SSSR count). The number of para-hydroxylation sites is 1. The molecule has 1 aromatic carbocycles. The van der Waals surface area contributed by atoms with Gasteiger partial charge in [-0.3, -0.25) is 14.1 Å². The van der Waals surface area contributed by atoms with Crippen LogP contribution in [-0.2, 0) is 14.8 Å². The lowest BCUT2D eigenvalue weighted by Crippen LogP contribution is -2.37. The van der Waals surface area contributed by atoms with E-state index in [2.05, 4.69) is 10.3 Å². The molecule has 21 heavy (non-hydrogen) atoms. The number of amides is 1. The molecule has 1 amide bonds. The molecule has 0 bridgehead atoms. The molecular formula is C14H15N3O3S. The SMILES string of the molecule is CS(=O)(=O)N(CC(=O)Nc1cccnc1)c1ccccc1. The van der Waals surface area contributed by atoms with Crippen LogP contribution in [0.3, 0.4) is 0 Å². The average Bonchev–Trinajstić information content (AvgIpc) is 2.45. The summed E-state index contributed by atoms with van der Waals surface area (Å²) in [5.74, 6) is -0.433. The summed E-state index contributed by atoms with van der Waals surface area (Å²) in [4.78, 5) is 15.9. The number of anilines is 2. The largest absolute Gasteiger partial charge is 0.323 e. The van der Waals surface area contributed by atoms with E-state index in [-0.39, 0.29) is 6.54 Å². The van der Waals surface area contributed by atoms with Crippen molar-refractivity contribution in [2.24, 2.45) is 0 Å². The minimum Gasteiger partial charge on any atom is -0.323 e. The Balaban J connectivity index is 2.15. The average molecular weight is 305 g/mol. The van der Waals surface area contributed by atoms with Gasteiger partial charge in [0, 0.05) is 6.20 Å². The van der Waals surface area contributed by atoms with Crippen LogP contribution in [0.2, 0.25) is 0 Å². The summed E-state index contributed by atoms with van der Waals surface area (Å²) in [6, 6.07) is 11.8. The molecule has 6 nitrogen and oxygen atoms in total. The number of aromatic nitrogens is 1. The third-order valence-electron chi connectivity index (χ3n) is 2.68. The number of hydrogen-bond acceptors (Lipinski definition) is 4. The molecule has 0 unspecified atom stereocenters. The lowest BCUT2D eigenvalue weighted by molar-refractivity contribution is -0.114. The second kappa shape index (κ2) is 6.36. The molecular weight excluding hydrogens is 290 g/mol. The molecule has 2 aromatic rings. The minimum atomic E-state index is -3.55. The van der Waals surface area contributed by atoms with Crippen molar-refractivity contribution in [3.63, 3.8) is 0 Å². The first-order valence-electron chi connectivity index (χ1n) is 6.19. The first-order valence-corrected chi connectivity index (χ1v) is 8.04. The molecule has 0 radical (unpaired) electrons. The van der Waals surface area contributed by atoms with Gasteiger partial charge in [0.2, 0.25) is 15.9 Å². The van der Waals surface area contributed by atoms with Crippen LogP contribution in [-0.4, -0.2) is 32.1 Å². The molecule has 1 aromatic heterocycles. The molecule has 1 heterocycles. The number of rotatable bonds is 5. The van der Waals surface area contributed by atoms with Gasteiger partial charge in [-0.15, -0.1) is 0 Å². The Morgan fingerprint density at radius 1 is 1.19 bits per heavy atom. The highest BCUT2D eigenvalue weighted by Gasteiger charge is 2.20. The van der Waals surface area contributed by atoms with Gasteiger partial charge in [-0.05, 0) is 24.3 Å². The van der Waals surface area contributed by atoms with Gasteiger partial charge < -0.3 is 5.32 Å². The normalized spacial score (nSPS) is 10.9. The Kier molecular flexibility index (Phi) is 4.54. The zero-order valence-corrected chi connectivity index (χ0v) is 12.2. The van der Waals surface area contributed by atoms with Crippen LogP contribution in [0, 0.1) is 0 Å². The summed E-state index contributed by atoms with van der Waals surface area (Å²) < 4.78 is 24.8. The second-order valence-electron chi connectivity index (χ2n) is 4.40. The predicted molar refractivity (Wildman–Crippen MR) is 81.5 cm³/mol. The summed E-state index contributed by atoms with van der Waals surface area (Å²) >= 11 is 0. The summed E-state index contributed by atoms with van der Waals surface area (Å²) in [6.07, 6.45) is 4.14. The van der Waals surface area contributed by atoms with Gasteiger partial charge >= 0.3 is 0 Å². The third-order valence-corrected chi connectivity index (χ3v) is 3.82. The molecule has 110 valence electrons. The van der Waals surface area contributed by atoms with Crippen LogP contribution in [0.1, 0.15) is 0 Å². The van der Waals surface area contributed by atoms with Crippen molar-refractivity contribution in [1.29, 1.82) is 0 Å². The minimum absolute atomic E-state index is 0.294. The zero-order chi connectivity index (χ0) is 15.3. The maximum Gasteiger partial charge on any atom is 0.245 e. The quantitative estimate of drug-likeness (QED) is 0.907. The zero-order valence-electron chi connectivity index (χ0n) is 11.4. The number of hydrogen-bond donors (Lipinski definition) is 1. The maximum absolute atomic E-state index is 12.0. The van der Waals surface area contributed by atoms with Crippen molar-refractivity contribution >= 4 is 27.3 Å². The Morgan fingerprint density at radius 3 is 2.48 bits per heavy atom. The lowest BCUT2D eigenvalue weighted by Gasteiger charge is -2.21. The van der Waals surface area contributed by atoms with Crippen LogP contribution in [0.4, 0.5) is 11.4 Å². The number of carbonyl (C=O) groups excluding carboxylic acids is 1. The van der Waals surface area contributed by atoms with Gasteiger partial charge in [0.25, 0.3) is 0 Å². The Bertz CT molecular complexity index is 703. The molecule has 0 aliphatic carbocycles. The van der Waals surface area contributed by atoms with E-state index in [1.165, 1.54) is 6.20 Å². The second-order valence-corrected chi connectivity index (χ2v) is 6.30. The molecule has 7 heteroatoms. The van der Waals surface area contributed by atoms with E-state index in [1.54, 1.807) is 48.7 Å². The fourth-order valence-corrected chi connectivity index (χ4v) is 2.62. The van der Waals surface area contributed by atoms with Crippen LogP contribution >= 0.6 is 0 Å². The Labute approximate surface area is 123 Å². The maximum atomic E-state index is 12.0. The van der Waals surface area contributed by atoms with Crippen LogP contribution in [0.5, 0.6) is 0 Å². The highest BCUT2D eigenvalue weighted by Crippen LogP contribution is 2.16. The van der Waals surface area contributed by atoms with Gasteiger partial charge in [0.15, 0.2) is 0 Å². The number of pyridine rings is 1. The summed E-state index contributed by atoms with van der Waals surface area (Å²) in [5.41, 5.74) is 0.963. The first-order chi connectivity index (χ1) is 9.97. The van der Waals surface area contributed by atoms with Crippen molar-refractivity contribution in [3.8, 4) is 0 Å². The van der Waals surface area contributed by atoms with E-state index >= 15 is 0 Å². The molecule has 0 saturated heterocycles. The van der Waals surface area contributed by atoms with E-state index in [0.717, 1.165) is 10.6 Å². The van der Waals surface area contributed by atoms with E-state index in [1.807, 2.05) is 0 Å². The summed E-state index contributed by atoms with van der Waals surface area (Å²) in [5, 5.41) is 2.61. The fraction of sp³-hybridized carbons (Fsp3) is 0.143.